The van der Waals surface area contributed by atoms with Crippen LogP contribution in [0, 0.1) is 0 Å². The summed E-state index contributed by atoms with van der Waals surface area (Å²) in [5.41, 5.74) is 3.11. The SMILES string of the molecule is COc1cc(/C=C2\SC(=S)N(CC(=O)Nc3nc4c(s3)CN(Cc3ccccc3)CC4)C2=O)ccc1OC1CCCCC1. The van der Waals surface area contributed by atoms with Gasteiger partial charge in [-0.1, -0.05) is 66.8 Å². The van der Waals surface area contributed by atoms with Crippen molar-refractivity contribution in [2.45, 2.75) is 57.7 Å². The van der Waals surface area contributed by atoms with E-state index in [9.17, 15) is 9.59 Å². The summed E-state index contributed by atoms with van der Waals surface area (Å²) in [6.45, 7) is 2.44. The van der Waals surface area contributed by atoms with Crippen molar-refractivity contribution in [2.24, 2.45) is 0 Å². The number of carbonyl (C=O) groups is 2. The van der Waals surface area contributed by atoms with Gasteiger partial charge >= 0.3 is 0 Å². The standard InChI is InChI=1S/C32H34N4O4S3/c1-39-26-16-22(12-13-25(26)40-23-10-6-3-7-11-23)17-27-30(38)36(32(41)43-27)20-29(37)34-31-33-24-14-15-35(19-28(24)42-31)18-21-8-4-2-5-9-21/h2,4-5,8-9,12-13,16-17,23H,3,6-7,10-11,14-15,18-20H2,1H3,(H,33,34,37)/b27-17-. The van der Waals surface area contributed by atoms with Crippen molar-refractivity contribution in [2.75, 3.05) is 25.5 Å². The first-order chi connectivity index (χ1) is 20.9. The molecule has 3 heterocycles. The van der Waals surface area contributed by atoms with Crippen LogP contribution in [0.15, 0.2) is 53.4 Å². The Morgan fingerprint density at radius 1 is 1.14 bits per heavy atom. The molecule has 1 saturated heterocycles. The highest BCUT2D eigenvalue weighted by atomic mass is 32.2. The van der Waals surface area contributed by atoms with Crippen molar-refractivity contribution in [3.8, 4) is 11.5 Å². The molecule has 1 aliphatic carbocycles. The molecule has 1 N–H and O–H groups in total. The number of rotatable bonds is 9. The smallest absolute Gasteiger partial charge is 0.266 e. The Morgan fingerprint density at radius 2 is 1.95 bits per heavy atom. The molecule has 3 aromatic rings. The van der Waals surface area contributed by atoms with E-state index in [0.29, 0.717) is 25.9 Å². The lowest BCUT2D eigenvalue weighted by atomic mass is 9.98. The van der Waals surface area contributed by atoms with Gasteiger partial charge in [-0.3, -0.25) is 19.4 Å². The largest absolute Gasteiger partial charge is 0.493 e. The molecule has 2 aromatic carbocycles. The number of nitrogens with one attached hydrogen (secondary N) is 1. The zero-order chi connectivity index (χ0) is 29.8. The van der Waals surface area contributed by atoms with Crippen molar-refractivity contribution in [3.63, 3.8) is 0 Å². The van der Waals surface area contributed by atoms with Crippen LogP contribution in [-0.2, 0) is 29.1 Å². The zero-order valence-corrected chi connectivity index (χ0v) is 26.5. The van der Waals surface area contributed by atoms with E-state index in [0.717, 1.165) is 55.0 Å². The number of carbonyl (C=O) groups excluding carboxylic acids is 2. The molecule has 224 valence electrons. The number of fused-ring (bicyclic) bond motifs is 1. The molecule has 3 aliphatic rings. The van der Waals surface area contributed by atoms with Gasteiger partial charge in [0.05, 0.1) is 23.8 Å². The first kappa shape index (κ1) is 29.8. The van der Waals surface area contributed by atoms with Crippen LogP contribution in [-0.4, -0.2) is 57.2 Å². The molecule has 11 heteroatoms. The maximum absolute atomic E-state index is 13.2. The van der Waals surface area contributed by atoms with Crippen LogP contribution in [0.25, 0.3) is 6.08 Å². The molecule has 2 aliphatic heterocycles. The molecule has 1 saturated carbocycles. The Balaban J connectivity index is 1.06. The average Bonchev–Trinajstić information content (AvgIpc) is 3.53. The molecule has 0 spiro atoms. The van der Waals surface area contributed by atoms with Crippen LogP contribution in [0.3, 0.4) is 0 Å². The van der Waals surface area contributed by atoms with E-state index < -0.39 is 0 Å². The predicted molar refractivity (Wildman–Crippen MR) is 175 cm³/mol. The van der Waals surface area contributed by atoms with Gasteiger partial charge in [0.1, 0.15) is 10.9 Å². The van der Waals surface area contributed by atoms with Gasteiger partial charge in [0.25, 0.3) is 5.91 Å². The van der Waals surface area contributed by atoms with Gasteiger partial charge in [-0.2, -0.15) is 0 Å². The van der Waals surface area contributed by atoms with Crippen molar-refractivity contribution in [3.05, 3.63) is 75.1 Å². The summed E-state index contributed by atoms with van der Waals surface area (Å²) in [4.78, 5) is 36.2. The van der Waals surface area contributed by atoms with Crippen LogP contribution >= 0.6 is 35.3 Å². The lowest BCUT2D eigenvalue weighted by Crippen LogP contribution is -2.36. The Morgan fingerprint density at radius 3 is 2.74 bits per heavy atom. The number of methoxy groups -OCH3 is 1. The highest BCUT2D eigenvalue weighted by Gasteiger charge is 2.34. The number of hydrogen-bond acceptors (Lipinski definition) is 9. The van der Waals surface area contributed by atoms with Gasteiger partial charge in [-0.25, -0.2) is 4.98 Å². The minimum atomic E-state index is -0.323. The quantitative estimate of drug-likeness (QED) is 0.218. The third kappa shape index (κ3) is 7.29. The number of aromatic nitrogens is 1. The first-order valence-electron chi connectivity index (χ1n) is 14.6. The van der Waals surface area contributed by atoms with Gasteiger partial charge in [0, 0.05) is 30.9 Å². The second-order valence-electron chi connectivity index (χ2n) is 10.9. The molecule has 8 nitrogen and oxygen atoms in total. The molecule has 2 amide bonds. The van der Waals surface area contributed by atoms with Crippen LogP contribution in [0.2, 0.25) is 0 Å². The number of thiazole rings is 1. The second kappa shape index (κ2) is 13.6. The summed E-state index contributed by atoms with van der Waals surface area (Å²) in [5.74, 6) is 0.726. The molecule has 2 fully saturated rings. The molecule has 0 radical (unpaired) electrons. The van der Waals surface area contributed by atoms with Gasteiger partial charge in [-0.15, -0.1) is 11.3 Å². The van der Waals surface area contributed by atoms with E-state index in [1.165, 1.54) is 52.8 Å². The van der Waals surface area contributed by atoms with Crippen molar-refractivity contribution in [1.29, 1.82) is 0 Å². The number of amides is 2. The number of thiocarbonyl (C=S) groups is 1. The van der Waals surface area contributed by atoms with Gasteiger partial charge in [0.15, 0.2) is 16.6 Å². The van der Waals surface area contributed by atoms with Crippen molar-refractivity contribution in [1.82, 2.24) is 14.8 Å². The average molecular weight is 635 g/mol. The molecular weight excluding hydrogens is 601 g/mol. The van der Waals surface area contributed by atoms with E-state index in [2.05, 4.69) is 39.5 Å². The van der Waals surface area contributed by atoms with E-state index in [1.807, 2.05) is 24.3 Å². The first-order valence-corrected chi connectivity index (χ1v) is 16.6. The normalized spacial score (nSPS) is 18.6. The molecule has 43 heavy (non-hydrogen) atoms. The monoisotopic (exact) mass is 634 g/mol. The Kier molecular flexibility index (Phi) is 9.42. The minimum absolute atomic E-state index is 0.163. The maximum atomic E-state index is 13.2. The fraction of sp³-hybridized carbons (Fsp3) is 0.375. The summed E-state index contributed by atoms with van der Waals surface area (Å²) in [6, 6.07) is 16.1. The molecule has 0 atom stereocenters. The van der Waals surface area contributed by atoms with Crippen LogP contribution < -0.4 is 14.8 Å². The minimum Gasteiger partial charge on any atom is -0.493 e. The lowest BCUT2D eigenvalue weighted by Gasteiger charge is -2.25. The molecule has 0 bridgehead atoms. The fourth-order valence-corrected chi connectivity index (χ4v) is 7.92. The second-order valence-corrected chi connectivity index (χ2v) is 13.7. The maximum Gasteiger partial charge on any atom is 0.266 e. The number of nitrogens with zero attached hydrogens (tertiary/aromatic N) is 3. The van der Waals surface area contributed by atoms with Crippen LogP contribution in [0.4, 0.5) is 5.13 Å². The third-order valence-electron chi connectivity index (χ3n) is 7.81. The van der Waals surface area contributed by atoms with E-state index in [1.54, 1.807) is 13.2 Å². The highest BCUT2D eigenvalue weighted by molar-refractivity contribution is 8.26. The van der Waals surface area contributed by atoms with E-state index in [4.69, 9.17) is 21.7 Å². The number of thioether (sulfide) groups is 1. The van der Waals surface area contributed by atoms with E-state index in [-0.39, 0.29) is 24.5 Å². The van der Waals surface area contributed by atoms with Gasteiger partial charge < -0.3 is 14.8 Å². The highest BCUT2D eigenvalue weighted by Crippen LogP contribution is 2.36. The molecule has 6 rings (SSSR count). The summed E-state index contributed by atoms with van der Waals surface area (Å²) in [7, 11) is 1.62. The topological polar surface area (TPSA) is 84.0 Å². The molecule has 0 unspecified atom stereocenters. The number of benzene rings is 2. The fourth-order valence-electron chi connectivity index (χ4n) is 5.60. The molecular formula is C32H34N4O4S3. The summed E-state index contributed by atoms with van der Waals surface area (Å²) in [6.07, 6.45) is 8.57. The number of anilines is 1. The predicted octanol–water partition coefficient (Wildman–Crippen LogP) is 6.26. The molecule has 1 aromatic heterocycles. The van der Waals surface area contributed by atoms with Crippen LogP contribution in [0.1, 0.15) is 53.8 Å². The lowest BCUT2D eigenvalue weighted by molar-refractivity contribution is -0.126. The summed E-state index contributed by atoms with van der Waals surface area (Å²) < 4.78 is 12.2. The third-order valence-corrected chi connectivity index (χ3v) is 10.2. The number of hydrogen-bond donors (Lipinski definition) is 1. The Hall–Kier alpha value is -3.25. The van der Waals surface area contributed by atoms with Crippen molar-refractivity contribution >= 4 is 62.7 Å². The Labute approximate surface area is 265 Å². The number of ether oxygens (including phenoxy) is 2. The zero-order valence-electron chi connectivity index (χ0n) is 24.0. The summed E-state index contributed by atoms with van der Waals surface area (Å²) >= 11 is 8.16. The summed E-state index contributed by atoms with van der Waals surface area (Å²) in [5, 5.41) is 3.44. The van der Waals surface area contributed by atoms with Gasteiger partial charge in [-0.05, 0) is 55.0 Å². The van der Waals surface area contributed by atoms with E-state index >= 15 is 0 Å². The van der Waals surface area contributed by atoms with Crippen LogP contribution in [0.5, 0.6) is 11.5 Å². The Bertz CT molecular complexity index is 1530. The van der Waals surface area contributed by atoms with Gasteiger partial charge in [0.2, 0.25) is 5.91 Å². The van der Waals surface area contributed by atoms with Crippen molar-refractivity contribution < 1.29 is 19.1 Å².